The van der Waals surface area contributed by atoms with Gasteiger partial charge in [0.2, 0.25) is 0 Å². The summed E-state index contributed by atoms with van der Waals surface area (Å²) in [4.78, 5) is 28.4. The van der Waals surface area contributed by atoms with Gasteiger partial charge in [-0.05, 0) is 42.8 Å². The van der Waals surface area contributed by atoms with Crippen molar-refractivity contribution in [1.29, 1.82) is 0 Å². The molecule has 158 valence electrons. The predicted octanol–water partition coefficient (Wildman–Crippen LogP) is 5.03. The van der Waals surface area contributed by atoms with E-state index in [-0.39, 0.29) is 21.5 Å². The van der Waals surface area contributed by atoms with E-state index in [0.717, 1.165) is 23.5 Å². The first kappa shape index (κ1) is 21.8. The van der Waals surface area contributed by atoms with E-state index in [1.54, 1.807) is 19.1 Å². The Morgan fingerprint density at radius 2 is 2.00 bits per heavy atom. The number of carboxylic acids is 1. The quantitative estimate of drug-likeness (QED) is 0.581. The van der Waals surface area contributed by atoms with Gasteiger partial charge in [-0.1, -0.05) is 35.9 Å². The topological polar surface area (TPSA) is 80.9 Å². The Kier molecular flexibility index (Phi) is 6.18. The van der Waals surface area contributed by atoms with Gasteiger partial charge in [-0.25, -0.2) is 4.79 Å². The number of hydrogen-bond donors (Lipinski definition) is 1. The van der Waals surface area contributed by atoms with Crippen LogP contribution in [0.1, 0.15) is 29.7 Å². The number of fused-ring (bicyclic) bond motifs is 1. The Balaban J connectivity index is 2.20. The van der Waals surface area contributed by atoms with Crippen LogP contribution in [0.4, 0.5) is 13.2 Å². The minimum absolute atomic E-state index is 0.0355. The van der Waals surface area contributed by atoms with Crippen LogP contribution in [0.15, 0.2) is 47.5 Å². The van der Waals surface area contributed by atoms with Crippen molar-refractivity contribution >= 4 is 45.0 Å². The Morgan fingerprint density at radius 1 is 1.27 bits per heavy atom. The third-order valence-electron chi connectivity index (χ3n) is 4.08. The van der Waals surface area contributed by atoms with Crippen molar-refractivity contribution in [2.24, 2.45) is 4.99 Å². The largest absolute Gasteiger partial charge is 0.573 e. The highest BCUT2D eigenvalue weighted by Crippen LogP contribution is 2.30. The predicted molar refractivity (Wildman–Crippen MR) is 105 cm³/mol. The summed E-state index contributed by atoms with van der Waals surface area (Å²) in [6, 6.07) is 8.50. The van der Waals surface area contributed by atoms with Gasteiger partial charge in [0.1, 0.15) is 11.8 Å². The number of aromatic nitrogens is 1. The number of carbonyl (C=O) groups is 2. The molecule has 30 heavy (non-hydrogen) atoms. The minimum Gasteiger partial charge on any atom is -0.480 e. The molecule has 1 N–H and O–H groups in total. The summed E-state index contributed by atoms with van der Waals surface area (Å²) in [5.74, 6) is -2.28. The van der Waals surface area contributed by atoms with Gasteiger partial charge in [-0.3, -0.25) is 4.79 Å². The van der Waals surface area contributed by atoms with Crippen LogP contribution in [0.5, 0.6) is 5.75 Å². The molecular formula is C19H14ClF3N2O4S. The van der Waals surface area contributed by atoms with Crippen LogP contribution in [-0.2, 0) is 4.79 Å². The van der Waals surface area contributed by atoms with Crippen LogP contribution >= 0.6 is 22.9 Å². The highest BCUT2D eigenvalue weighted by Gasteiger charge is 2.31. The molecule has 0 saturated heterocycles. The van der Waals surface area contributed by atoms with Gasteiger partial charge in [0.05, 0.1) is 10.2 Å². The molecule has 1 unspecified atom stereocenters. The number of halogens is 4. The van der Waals surface area contributed by atoms with E-state index in [1.165, 1.54) is 22.8 Å². The van der Waals surface area contributed by atoms with E-state index in [9.17, 15) is 27.9 Å². The van der Waals surface area contributed by atoms with E-state index in [0.29, 0.717) is 10.5 Å². The van der Waals surface area contributed by atoms with Crippen LogP contribution in [0, 0.1) is 0 Å². The monoisotopic (exact) mass is 458 g/mol. The molecule has 0 aliphatic carbocycles. The average molecular weight is 459 g/mol. The first-order valence-electron chi connectivity index (χ1n) is 8.57. The highest BCUT2D eigenvalue weighted by atomic mass is 35.5. The molecule has 0 bridgehead atoms. The molecule has 0 saturated carbocycles. The Hall–Kier alpha value is -2.85. The lowest BCUT2D eigenvalue weighted by molar-refractivity contribution is -0.274. The number of ether oxygens (including phenoxy) is 1. The van der Waals surface area contributed by atoms with Crippen molar-refractivity contribution in [3.05, 3.63) is 57.9 Å². The molecule has 0 aliphatic heterocycles. The standard InChI is InChI=1S/C19H14ClF3N2O4S/c1-2-13(17(27)28)25-14-7-6-12(29-19(21,22)23)9-15(14)30-18(25)24-16(26)10-4-3-5-11(20)8-10/h3-9,13H,2H2,1H3,(H,27,28). The van der Waals surface area contributed by atoms with Gasteiger partial charge < -0.3 is 14.4 Å². The second-order valence-electron chi connectivity index (χ2n) is 6.12. The second kappa shape index (κ2) is 8.49. The SMILES string of the molecule is CCC(C(=O)O)n1c(=NC(=O)c2cccc(Cl)c2)sc2cc(OC(F)(F)F)ccc21. The van der Waals surface area contributed by atoms with Crippen LogP contribution in [0.3, 0.4) is 0 Å². The fourth-order valence-electron chi connectivity index (χ4n) is 2.84. The third kappa shape index (κ3) is 4.82. The Bertz CT molecular complexity index is 1190. The smallest absolute Gasteiger partial charge is 0.480 e. The molecule has 6 nitrogen and oxygen atoms in total. The third-order valence-corrected chi connectivity index (χ3v) is 5.34. The van der Waals surface area contributed by atoms with E-state index in [1.807, 2.05) is 0 Å². The van der Waals surface area contributed by atoms with Crippen molar-refractivity contribution in [2.45, 2.75) is 25.7 Å². The van der Waals surface area contributed by atoms with Crippen LogP contribution in [0.2, 0.25) is 5.02 Å². The normalized spacial score (nSPS) is 13.4. The van der Waals surface area contributed by atoms with E-state index in [4.69, 9.17) is 11.6 Å². The van der Waals surface area contributed by atoms with Crippen LogP contribution in [-0.4, -0.2) is 27.9 Å². The van der Waals surface area contributed by atoms with Crippen molar-refractivity contribution in [2.75, 3.05) is 0 Å². The number of thiazole rings is 1. The van der Waals surface area contributed by atoms with Crippen LogP contribution in [0.25, 0.3) is 10.2 Å². The second-order valence-corrected chi connectivity index (χ2v) is 7.57. The summed E-state index contributed by atoms with van der Waals surface area (Å²) >= 11 is 6.78. The minimum atomic E-state index is -4.87. The maximum atomic E-state index is 12.6. The fourth-order valence-corrected chi connectivity index (χ4v) is 4.13. The number of rotatable bonds is 5. The molecule has 1 aromatic heterocycles. The van der Waals surface area contributed by atoms with Crippen molar-refractivity contribution < 1.29 is 32.6 Å². The first-order chi connectivity index (χ1) is 14.1. The molecule has 1 atom stereocenters. The van der Waals surface area contributed by atoms with E-state index in [2.05, 4.69) is 9.73 Å². The number of nitrogens with zero attached hydrogens (tertiary/aromatic N) is 2. The van der Waals surface area contributed by atoms with Gasteiger partial charge in [0.25, 0.3) is 5.91 Å². The maximum absolute atomic E-state index is 12.6. The molecular weight excluding hydrogens is 445 g/mol. The van der Waals surface area contributed by atoms with Crippen molar-refractivity contribution in [3.63, 3.8) is 0 Å². The summed E-state index contributed by atoms with van der Waals surface area (Å²) < 4.78 is 43.1. The molecule has 1 heterocycles. The number of carboxylic acid groups (broad SMARTS) is 1. The van der Waals surface area contributed by atoms with Gasteiger partial charge in [0.15, 0.2) is 4.80 Å². The zero-order valence-electron chi connectivity index (χ0n) is 15.3. The van der Waals surface area contributed by atoms with Crippen LogP contribution < -0.4 is 9.54 Å². The molecule has 0 spiro atoms. The number of carbonyl (C=O) groups excluding carboxylic acids is 1. The van der Waals surface area contributed by atoms with E-state index < -0.39 is 30.0 Å². The summed E-state index contributed by atoms with van der Waals surface area (Å²) in [6.45, 7) is 1.64. The number of amides is 1. The maximum Gasteiger partial charge on any atom is 0.573 e. The fraction of sp³-hybridized carbons (Fsp3) is 0.211. The lowest BCUT2D eigenvalue weighted by Crippen LogP contribution is -2.27. The first-order valence-corrected chi connectivity index (χ1v) is 9.76. The Labute approximate surface area is 176 Å². The van der Waals surface area contributed by atoms with Gasteiger partial charge in [0, 0.05) is 10.6 Å². The van der Waals surface area contributed by atoms with Crippen molar-refractivity contribution in [1.82, 2.24) is 4.57 Å². The van der Waals surface area contributed by atoms with Gasteiger partial charge in [-0.2, -0.15) is 4.99 Å². The summed E-state index contributed by atoms with van der Waals surface area (Å²) in [7, 11) is 0. The molecule has 0 aliphatic rings. The average Bonchev–Trinajstić information content (AvgIpc) is 2.98. The van der Waals surface area contributed by atoms with E-state index >= 15 is 0 Å². The van der Waals surface area contributed by atoms with Gasteiger partial charge in [-0.15, -0.1) is 13.2 Å². The molecule has 0 radical (unpaired) electrons. The number of hydrogen-bond acceptors (Lipinski definition) is 4. The van der Waals surface area contributed by atoms with Gasteiger partial charge >= 0.3 is 12.3 Å². The number of aliphatic carboxylic acids is 1. The zero-order valence-corrected chi connectivity index (χ0v) is 16.9. The zero-order chi connectivity index (χ0) is 22.1. The summed E-state index contributed by atoms with van der Waals surface area (Å²) in [6.07, 6.45) is -4.70. The van der Waals surface area contributed by atoms with Crippen molar-refractivity contribution in [3.8, 4) is 5.75 Å². The molecule has 1 amide bonds. The molecule has 2 aromatic carbocycles. The molecule has 0 fully saturated rings. The summed E-state index contributed by atoms with van der Waals surface area (Å²) in [5.41, 5.74) is 0.511. The summed E-state index contributed by atoms with van der Waals surface area (Å²) in [5, 5.41) is 9.92. The Morgan fingerprint density at radius 3 is 2.60 bits per heavy atom. The molecule has 3 aromatic rings. The number of benzene rings is 2. The molecule has 11 heteroatoms. The lowest BCUT2D eigenvalue weighted by Gasteiger charge is -2.14. The number of alkyl halides is 3. The highest BCUT2D eigenvalue weighted by molar-refractivity contribution is 7.16. The lowest BCUT2D eigenvalue weighted by atomic mass is 10.2. The molecule has 3 rings (SSSR count).